The van der Waals surface area contributed by atoms with Crippen LogP contribution in [0.4, 0.5) is 0 Å². The molecule has 0 radical (unpaired) electrons. The number of carbonyl (C=O) groups is 1. The van der Waals surface area contributed by atoms with Crippen molar-refractivity contribution in [3.63, 3.8) is 0 Å². The summed E-state index contributed by atoms with van der Waals surface area (Å²) < 4.78 is 2.49. The lowest BCUT2D eigenvalue weighted by Crippen LogP contribution is -2.00. The first-order chi connectivity index (χ1) is 7.65. The Kier molecular flexibility index (Phi) is 3.00. The van der Waals surface area contributed by atoms with E-state index in [4.69, 9.17) is 5.11 Å². The molecule has 0 saturated heterocycles. The number of carboxylic acid groups (broad SMARTS) is 1. The minimum atomic E-state index is -1.07. The Morgan fingerprint density at radius 3 is 2.62 bits per heavy atom. The van der Waals surface area contributed by atoms with Gasteiger partial charge in [0.2, 0.25) is 0 Å². The van der Waals surface area contributed by atoms with Gasteiger partial charge in [0, 0.05) is 4.47 Å². The van der Waals surface area contributed by atoms with Crippen molar-refractivity contribution in [1.82, 2.24) is 15.0 Å². The predicted octanol–water partition coefficient (Wildman–Crippen LogP) is 1.79. The zero-order valence-corrected chi connectivity index (χ0v) is 9.75. The van der Waals surface area contributed by atoms with Crippen LogP contribution in [0.25, 0.3) is 0 Å². The van der Waals surface area contributed by atoms with E-state index < -0.39 is 5.97 Å². The summed E-state index contributed by atoms with van der Waals surface area (Å²) in [6.45, 7) is 0.507. The molecule has 1 heterocycles. The fourth-order valence-corrected chi connectivity index (χ4v) is 1.51. The van der Waals surface area contributed by atoms with E-state index in [1.165, 1.54) is 10.9 Å². The fourth-order valence-electron chi connectivity index (χ4n) is 1.25. The Hall–Kier alpha value is -1.69. The minimum Gasteiger partial charge on any atom is -0.476 e. The summed E-state index contributed by atoms with van der Waals surface area (Å²) in [5, 5.41) is 15.9. The van der Waals surface area contributed by atoms with Crippen LogP contribution in [0.3, 0.4) is 0 Å². The largest absolute Gasteiger partial charge is 0.476 e. The predicted molar refractivity (Wildman–Crippen MR) is 60.2 cm³/mol. The molecule has 5 nitrogen and oxygen atoms in total. The molecule has 1 N–H and O–H groups in total. The molecular weight excluding hydrogens is 274 g/mol. The van der Waals surface area contributed by atoms with E-state index in [1.807, 2.05) is 24.3 Å². The molecule has 0 fully saturated rings. The SMILES string of the molecule is O=C(O)c1cn(Cc2ccc(Br)cc2)nn1. The van der Waals surface area contributed by atoms with E-state index in [2.05, 4.69) is 26.2 Å². The molecule has 0 bridgehead atoms. The van der Waals surface area contributed by atoms with Gasteiger partial charge in [-0.1, -0.05) is 33.3 Å². The number of aromatic carboxylic acids is 1. The molecule has 0 aliphatic carbocycles. The average molecular weight is 282 g/mol. The number of rotatable bonds is 3. The standard InChI is InChI=1S/C10H8BrN3O2/c11-8-3-1-7(2-4-8)5-14-6-9(10(15)16)12-13-14/h1-4,6H,5H2,(H,15,16). The van der Waals surface area contributed by atoms with E-state index in [9.17, 15) is 4.79 Å². The molecule has 2 rings (SSSR count). The van der Waals surface area contributed by atoms with Crippen LogP contribution in [0.1, 0.15) is 16.1 Å². The maximum absolute atomic E-state index is 10.6. The van der Waals surface area contributed by atoms with Gasteiger partial charge in [-0.15, -0.1) is 5.10 Å². The van der Waals surface area contributed by atoms with Crippen LogP contribution in [0.15, 0.2) is 34.9 Å². The van der Waals surface area contributed by atoms with E-state index >= 15 is 0 Å². The van der Waals surface area contributed by atoms with Crippen LogP contribution >= 0.6 is 15.9 Å². The number of aromatic nitrogens is 3. The summed E-state index contributed by atoms with van der Waals surface area (Å²) in [6.07, 6.45) is 1.41. The Balaban J connectivity index is 2.14. The topological polar surface area (TPSA) is 68.0 Å². The van der Waals surface area contributed by atoms with Gasteiger partial charge in [-0.2, -0.15) is 0 Å². The molecule has 0 unspecified atom stereocenters. The molecule has 82 valence electrons. The normalized spacial score (nSPS) is 10.3. The molecule has 0 saturated carbocycles. The van der Waals surface area contributed by atoms with Gasteiger partial charge in [0.15, 0.2) is 5.69 Å². The van der Waals surface area contributed by atoms with Crippen molar-refractivity contribution in [2.75, 3.05) is 0 Å². The number of nitrogens with zero attached hydrogens (tertiary/aromatic N) is 3. The molecule has 2 aromatic rings. The van der Waals surface area contributed by atoms with E-state index in [-0.39, 0.29) is 5.69 Å². The highest BCUT2D eigenvalue weighted by atomic mass is 79.9. The van der Waals surface area contributed by atoms with Gasteiger partial charge >= 0.3 is 5.97 Å². The smallest absolute Gasteiger partial charge is 0.358 e. The second-order valence-corrected chi connectivity index (χ2v) is 4.15. The first-order valence-corrected chi connectivity index (χ1v) is 5.32. The molecule has 0 spiro atoms. The van der Waals surface area contributed by atoms with Crippen molar-refractivity contribution >= 4 is 21.9 Å². The van der Waals surface area contributed by atoms with Crippen molar-refractivity contribution in [3.8, 4) is 0 Å². The minimum absolute atomic E-state index is 0.0443. The highest BCUT2D eigenvalue weighted by molar-refractivity contribution is 9.10. The molecule has 1 aromatic carbocycles. The van der Waals surface area contributed by atoms with Gasteiger partial charge in [0.25, 0.3) is 0 Å². The first-order valence-electron chi connectivity index (χ1n) is 4.53. The van der Waals surface area contributed by atoms with Gasteiger partial charge in [-0.3, -0.25) is 0 Å². The van der Waals surface area contributed by atoms with E-state index in [1.54, 1.807) is 0 Å². The zero-order chi connectivity index (χ0) is 11.5. The Labute approximate surface area is 99.8 Å². The zero-order valence-electron chi connectivity index (χ0n) is 8.17. The summed E-state index contributed by atoms with van der Waals surface area (Å²) >= 11 is 3.34. The Bertz CT molecular complexity index is 507. The molecule has 6 heteroatoms. The number of halogens is 1. The molecular formula is C10H8BrN3O2. The monoisotopic (exact) mass is 281 g/mol. The summed E-state index contributed by atoms with van der Waals surface area (Å²) in [7, 11) is 0. The third-order valence-electron chi connectivity index (χ3n) is 2.02. The Morgan fingerprint density at radius 2 is 2.06 bits per heavy atom. The molecule has 0 amide bonds. The average Bonchev–Trinajstić information content (AvgIpc) is 2.70. The van der Waals surface area contributed by atoms with Gasteiger partial charge in [0.1, 0.15) is 0 Å². The molecule has 16 heavy (non-hydrogen) atoms. The van der Waals surface area contributed by atoms with E-state index in [0.29, 0.717) is 6.54 Å². The van der Waals surface area contributed by atoms with Gasteiger partial charge in [-0.05, 0) is 17.7 Å². The van der Waals surface area contributed by atoms with Gasteiger partial charge < -0.3 is 5.11 Å². The highest BCUT2D eigenvalue weighted by Crippen LogP contribution is 2.11. The number of hydrogen-bond donors (Lipinski definition) is 1. The number of carboxylic acids is 1. The van der Waals surface area contributed by atoms with Gasteiger partial charge in [-0.25, -0.2) is 9.48 Å². The van der Waals surface area contributed by atoms with Crippen LogP contribution < -0.4 is 0 Å². The summed E-state index contributed by atoms with van der Waals surface area (Å²) in [5.41, 5.74) is 0.988. The third kappa shape index (κ3) is 2.46. The summed E-state index contributed by atoms with van der Waals surface area (Å²) in [5.74, 6) is -1.07. The van der Waals surface area contributed by atoms with Gasteiger partial charge in [0.05, 0.1) is 12.7 Å². The Morgan fingerprint density at radius 1 is 1.38 bits per heavy atom. The number of hydrogen-bond acceptors (Lipinski definition) is 3. The van der Waals surface area contributed by atoms with E-state index in [0.717, 1.165) is 10.0 Å². The van der Waals surface area contributed by atoms with Crippen LogP contribution in [0.5, 0.6) is 0 Å². The second kappa shape index (κ2) is 4.44. The molecule has 1 aromatic heterocycles. The van der Waals surface area contributed by atoms with Crippen LogP contribution in [-0.4, -0.2) is 26.1 Å². The molecule has 0 aliphatic rings. The maximum atomic E-state index is 10.6. The third-order valence-corrected chi connectivity index (χ3v) is 2.54. The van der Waals surface area contributed by atoms with Crippen molar-refractivity contribution in [3.05, 3.63) is 46.2 Å². The second-order valence-electron chi connectivity index (χ2n) is 3.23. The van der Waals surface area contributed by atoms with Crippen molar-refractivity contribution in [2.24, 2.45) is 0 Å². The number of benzene rings is 1. The first kappa shape index (κ1) is 10.8. The van der Waals surface area contributed by atoms with Crippen LogP contribution in [0.2, 0.25) is 0 Å². The summed E-state index contributed by atoms with van der Waals surface area (Å²) in [4.78, 5) is 10.6. The van der Waals surface area contributed by atoms with Crippen LogP contribution in [0, 0.1) is 0 Å². The molecule has 0 atom stereocenters. The molecule has 0 aliphatic heterocycles. The summed E-state index contributed by atoms with van der Waals surface area (Å²) in [6, 6.07) is 7.72. The quantitative estimate of drug-likeness (QED) is 0.931. The van der Waals surface area contributed by atoms with Crippen molar-refractivity contribution in [2.45, 2.75) is 6.54 Å². The van der Waals surface area contributed by atoms with Crippen molar-refractivity contribution in [1.29, 1.82) is 0 Å². The highest BCUT2D eigenvalue weighted by Gasteiger charge is 2.07. The lowest BCUT2D eigenvalue weighted by Gasteiger charge is -2.00. The maximum Gasteiger partial charge on any atom is 0.358 e. The van der Waals surface area contributed by atoms with Crippen molar-refractivity contribution < 1.29 is 9.90 Å². The van der Waals surface area contributed by atoms with Crippen LogP contribution in [-0.2, 0) is 6.54 Å². The fraction of sp³-hybridized carbons (Fsp3) is 0.100. The lowest BCUT2D eigenvalue weighted by molar-refractivity contribution is 0.0690. The lowest BCUT2D eigenvalue weighted by atomic mass is 10.2.